The van der Waals surface area contributed by atoms with Crippen molar-refractivity contribution in [3.05, 3.63) is 35.4 Å². The maximum Gasteiger partial charge on any atom is 0.251 e. The van der Waals surface area contributed by atoms with E-state index in [4.69, 9.17) is 0 Å². The maximum atomic E-state index is 12.1. The van der Waals surface area contributed by atoms with Crippen molar-refractivity contribution in [1.29, 1.82) is 0 Å². The minimum absolute atomic E-state index is 0.0192. The minimum Gasteiger partial charge on any atom is -0.352 e. The molecular weight excluding hydrogens is 234 g/mol. The zero-order valence-electron chi connectivity index (χ0n) is 13.1. The van der Waals surface area contributed by atoms with Gasteiger partial charge in [-0.15, -0.1) is 0 Å². The van der Waals surface area contributed by atoms with Crippen LogP contribution in [0, 0.1) is 10.8 Å². The summed E-state index contributed by atoms with van der Waals surface area (Å²) >= 11 is 0. The predicted octanol–water partition coefficient (Wildman–Crippen LogP) is 4.05. The van der Waals surface area contributed by atoms with E-state index in [-0.39, 0.29) is 16.7 Å². The fraction of sp³-hybridized carbons (Fsp3) is 0.588. The summed E-state index contributed by atoms with van der Waals surface area (Å²) in [5.74, 6) is 0.0192. The first-order chi connectivity index (χ1) is 8.57. The standard InChI is InChI=1S/C17H27NO/c1-16(2,3)11-13-8-7-9-14(10-13)15(19)18-12-17(4,5)6/h7-10H,11-12H2,1-6H3,(H,18,19). The molecule has 1 N–H and O–H groups in total. The van der Waals surface area contributed by atoms with Crippen molar-refractivity contribution < 1.29 is 4.79 Å². The first-order valence-electron chi connectivity index (χ1n) is 6.94. The van der Waals surface area contributed by atoms with Gasteiger partial charge in [0.2, 0.25) is 0 Å². The fourth-order valence-electron chi connectivity index (χ4n) is 1.88. The highest BCUT2D eigenvalue weighted by Gasteiger charge is 2.15. The molecule has 0 unspecified atom stereocenters. The van der Waals surface area contributed by atoms with Gasteiger partial charge in [0.25, 0.3) is 5.91 Å². The van der Waals surface area contributed by atoms with Crippen LogP contribution in [-0.4, -0.2) is 12.5 Å². The maximum absolute atomic E-state index is 12.1. The molecule has 19 heavy (non-hydrogen) atoms. The molecule has 0 aliphatic carbocycles. The van der Waals surface area contributed by atoms with E-state index >= 15 is 0 Å². The Balaban J connectivity index is 2.73. The third-order valence-electron chi connectivity index (χ3n) is 2.70. The van der Waals surface area contributed by atoms with Crippen LogP contribution in [0.4, 0.5) is 0 Å². The van der Waals surface area contributed by atoms with E-state index in [0.717, 1.165) is 12.0 Å². The molecule has 0 aliphatic rings. The van der Waals surface area contributed by atoms with Crippen LogP contribution in [0.15, 0.2) is 24.3 Å². The van der Waals surface area contributed by atoms with Crippen LogP contribution in [0.2, 0.25) is 0 Å². The second-order valence-corrected chi connectivity index (χ2v) is 7.68. The molecular formula is C17H27NO. The van der Waals surface area contributed by atoms with E-state index in [1.807, 2.05) is 18.2 Å². The molecule has 1 aromatic rings. The Labute approximate surface area is 117 Å². The number of carbonyl (C=O) groups is 1. The summed E-state index contributed by atoms with van der Waals surface area (Å²) in [7, 11) is 0. The zero-order valence-corrected chi connectivity index (χ0v) is 13.1. The largest absolute Gasteiger partial charge is 0.352 e. The van der Waals surface area contributed by atoms with Crippen LogP contribution in [0.3, 0.4) is 0 Å². The fourth-order valence-corrected chi connectivity index (χ4v) is 1.88. The smallest absolute Gasteiger partial charge is 0.251 e. The van der Waals surface area contributed by atoms with Crippen molar-refractivity contribution >= 4 is 5.91 Å². The van der Waals surface area contributed by atoms with Crippen molar-refractivity contribution in [2.24, 2.45) is 10.8 Å². The molecule has 0 aromatic heterocycles. The van der Waals surface area contributed by atoms with Crippen LogP contribution >= 0.6 is 0 Å². The Morgan fingerprint density at radius 2 is 1.68 bits per heavy atom. The molecule has 1 amide bonds. The minimum atomic E-state index is 0.0192. The Morgan fingerprint density at radius 1 is 1.05 bits per heavy atom. The third kappa shape index (κ3) is 6.42. The second-order valence-electron chi connectivity index (χ2n) is 7.68. The first-order valence-corrected chi connectivity index (χ1v) is 6.94. The number of hydrogen-bond donors (Lipinski definition) is 1. The number of rotatable bonds is 3. The van der Waals surface area contributed by atoms with Crippen LogP contribution < -0.4 is 5.32 Å². The molecule has 0 saturated carbocycles. The highest BCUT2D eigenvalue weighted by molar-refractivity contribution is 5.94. The summed E-state index contributed by atoms with van der Waals surface area (Å²) in [6, 6.07) is 7.94. The molecule has 2 heteroatoms. The van der Waals surface area contributed by atoms with Crippen molar-refractivity contribution in [3.63, 3.8) is 0 Å². The third-order valence-corrected chi connectivity index (χ3v) is 2.70. The molecule has 0 atom stereocenters. The molecule has 0 spiro atoms. The average Bonchev–Trinajstić information content (AvgIpc) is 2.23. The molecule has 0 radical (unpaired) electrons. The van der Waals surface area contributed by atoms with Gasteiger partial charge in [-0.3, -0.25) is 4.79 Å². The molecule has 0 aliphatic heterocycles. The van der Waals surface area contributed by atoms with E-state index in [2.05, 4.69) is 52.9 Å². The van der Waals surface area contributed by atoms with Crippen LogP contribution in [0.1, 0.15) is 57.5 Å². The molecule has 0 heterocycles. The summed E-state index contributed by atoms with van der Waals surface area (Å²) in [6.45, 7) is 13.7. The van der Waals surface area contributed by atoms with E-state index in [1.165, 1.54) is 5.56 Å². The van der Waals surface area contributed by atoms with Gasteiger partial charge in [0.15, 0.2) is 0 Å². The Kier molecular flexibility index (Phi) is 4.78. The summed E-state index contributed by atoms with van der Waals surface area (Å²) in [6.07, 6.45) is 0.980. The van der Waals surface area contributed by atoms with Gasteiger partial charge in [-0.25, -0.2) is 0 Å². The monoisotopic (exact) mass is 261 g/mol. The van der Waals surface area contributed by atoms with E-state index < -0.39 is 0 Å². The van der Waals surface area contributed by atoms with Crippen molar-refractivity contribution in [1.82, 2.24) is 5.32 Å². The Bertz CT molecular complexity index is 435. The highest BCUT2D eigenvalue weighted by Crippen LogP contribution is 2.21. The van der Waals surface area contributed by atoms with Gasteiger partial charge in [0.1, 0.15) is 0 Å². The van der Waals surface area contributed by atoms with Gasteiger partial charge >= 0.3 is 0 Å². The molecule has 2 nitrogen and oxygen atoms in total. The predicted molar refractivity (Wildman–Crippen MR) is 81.4 cm³/mol. The topological polar surface area (TPSA) is 29.1 Å². The zero-order chi connectivity index (χ0) is 14.7. The lowest BCUT2D eigenvalue weighted by molar-refractivity contribution is 0.0939. The van der Waals surface area contributed by atoms with Crippen LogP contribution in [-0.2, 0) is 6.42 Å². The van der Waals surface area contributed by atoms with Crippen molar-refractivity contribution in [3.8, 4) is 0 Å². The van der Waals surface area contributed by atoms with Crippen molar-refractivity contribution in [2.45, 2.75) is 48.0 Å². The second kappa shape index (κ2) is 5.77. The molecule has 1 aromatic carbocycles. The first kappa shape index (κ1) is 15.7. The molecule has 106 valence electrons. The number of hydrogen-bond acceptors (Lipinski definition) is 1. The lowest BCUT2D eigenvalue weighted by Crippen LogP contribution is -2.32. The normalized spacial score (nSPS) is 12.3. The lowest BCUT2D eigenvalue weighted by atomic mass is 9.87. The highest BCUT2D eigenvalue weighted by atomic mass is 16.1. The summed E-state index contributed by atoms with van der Waals surface area (Å²) < 4.78 is 0. The molecule has 0 saturated heterocycles. The van der Waals surface area contributed by atoms with Crippen LogP contribution in [0.25, 0.3) is 0 Å². The number of amides is 1. The summed E-state index contributed by atoms with van der Waals surface area (Å²) in [5, 5.41) is 2.99. The molecule has 0 fully saturated rings. The molecule has 1 rings (SSSR count). The number of carbonyl (C=O) groups excluding carboxylic acids is 1. The quantitative estimate of drug-likeness (QED) is 0.873. The average molecular weight is 261 g/mol. The van der Waals surface area contributed by atoms with E-state index in [9.17, 15) is 4.79 Å². The van der Waals surface area contributed by atoms with Gasteiger partial charge in [-0.1, -0.05) is 53.7 Å². The van der Waals surface area contributed by atoms with Gasteiger partial charge in [-0.2, -0.15) is 0 Å². The SMILES string of the molecule is CC(C)(C)CNC(=O)c1cccc(CC(C)(C)C)c1. The van der Waals surface area contributed by atoms with Gasteiger partial charge in [0, 0.05) is 12.1 Å². The van der Waals surface area contributed by atoms with E-state index in [0.29, 0.717) is 6.54 Å². The Morgan fingerprint density at radius 3 is 2.21 bits per heavy atom. The van der Waals surface area contributed by atoms with Gasteiger partial charge in [0.05, 0.1) is 0 Å². The summed E-state index contributed by atoms with van der Waals surface area (Å²) in [5.41, 5.74) is 2.32. The number of benzene rings is 1. The Hall–Kier alpha value is -1.31. The van der Waals surface area contributed by atoms with Crippen LogP contribution in [0.5, 0.6) is 0 Å². The van der Waals surface area contributed by atoms with Gasteiger partial charge < -0.3 is 5.32 Å². The summed E-state index contributed by atoms with van der Waals surface area (Å²) in [4.78, 5) is 12.1. The molecule has 0 bridgehead atoms. The number of nitrogens with one attached hydrogen (secondary N) is 1. The van der Waals surface area contributed by atoms with Crippen molar-refractivity contribution in [2.75, 3.05) is 6.54 Å². The van der Waals surface area contributed by atoms with Gasteiger partial charge in [-0.05, 0) is 34.9 Å². The lowest BCUT2D eigenvalue weighted by Gasteiger charge is -2.20. The van der Waals surface area contributed by atoms with E-state index in [1.54, 1.807) is 0 Å².